The fourth-order valence-electron chi connectivity index (χ4n) is 1.71. The highest BCUT2D eigenvalue weighted by atomic mass is 15.3. The minimum absolute atomic E-state index is 0.146. The van der Waals surface area contributed by atoms with Crippen molar-refractivity contribution < 1.29 is 0 Å². The third-order valence-electron chi connectivity index (χ3n) is 2.48. The number of anilines is 2. The standard InChI is InChI=1S/C11H10N6/c12-9-8-6-14-17(7-4-2-1-3-5-7)10(8)16-11(13)15-9/h1-6H,(H4,12,13,15,16). The number of rotatable bonds is 1. The van der Waals surface area contributed by atoms with E-state index in [9.17, 15) is 0 Å². The second kappa shape index (κ2) is 3.44. The fourth-order valence-corrected chi connectivity index (χ4v) is 1.71. The molecule has 0 fully saturated rings. The summed E-state index contributed by atoms with van der Waals surface area (Å²) in [5.74, 6) is 0.488. The lowest BCUT2D eigenvalue weighted by molar-refractivity contribution is 0.896. The van der Waals surface area contributed by atoms with Crippen molar-refractivity contribution in [2.45, 2.75) is 0 Å². The average molecular weight is 226 g/mol. The third kappa shape index (κ3) is 1.46. The van der Waals surface area contributed by atoms with Gasteiger partial charge in [-0.1, -0.05) is 18.2 Å². The molecule has 0 radical (unpaired) electrons. The molecule has 0 spiro atoms. The molecule has 6 heteroatoms. The van der Waals surface area contributed by atoms with Gasteiger partial charge < -0.3 is 11.5 Å². The van der Waals surface area contributed by atoms with Crippen LogP contribution in [0, 0.1) is 0 Å². The van der Waals surface area contributed by atoms with E-state index in [4.69, 9.17) is 11.5 Å². The molecule has 0 unspecified atom stereocenters. The van der Waals surface area contributed by atoms with Gasteiger partial charge in [-0.05, 0) is 12.1 Å². The Hall–Kier alpha value is -2.63. The minimum Gasteiger partial charge on any atom is -0.383 e. The summed E-state index contributed by atoms with van der Waals surface area (Å²) in [5.41, 5.74) is 12.9. The molecule has 0 aliphatic rings. The van der Waals surface area contributed by atoms with Crippen LogP contribution in [0.3, 0.4) is 0 Å². The van der Waals surface area contributed by atoms with Crippen LogP contribution in [0.4, 0.5) is 11.8 Å². The third-order valence-corrected chi connectivity index (χ3v) is 2.48. The molecule has 0 saturated carbocycles. The highest BCUT2D eigenvalue weighted by Crippen LogP contribution is 2.20. The first kappa shape index (κ1) is 9.59. The lowest BCUT2D eigenvalue weighted by Crippen LogP contribution is -2.03. The summed E-state index contributed by atoms with van der Waals surface area (Å²) in [6, 6.07) is 9.66. The van der Waals surface area contributed by atoms with Crippen LogP contribution in [-0.2, 0) is 0 Å². The van der Waals surface area contributed by atoms with Crippen LogP contribution >= 0.6 is 0 Å². The van der Waals surface area contributed by atoms with Crippen molar-refractivity contribution >= 4 is 22.8 Å². The topological polar surface area (TPSA) is 95.6 Å². The van der Waals surface area contributed by atoms with Crippen LogP contribution < -0.4 is 11.5 Å². The first-order chi connectivity index (χ1) is 8.25. The molecule has 2 heterocycles. The average Bonchev–Trinajstić information content (AvgIpc) is 2.74. The molecule has 0 atom stereocenters. The highest BCUT2D eigenvalue weighted by Gasteiger charge is 2.10. The van der Waals surface area contributed by atoms with Gasteiger partial charge in [0, 0.05) is 0 Å². The van der Waals surface area contributed by atoms with Crippen molar-refractivity contribution in [2.24, 2.45) is 0 Å². The van der Waals surface area contributed by atoms with E-state index in [1.54, 1.807) is 10.9 Å². The van der Waals surface area contributed by atoms with Crippen molar-refractivity contribution in [3.05, 3.63) is 36.5 Å². The summed E-state index contributed by atoms with van der Waals surface area (Å²) in [7, 11) is 0. The van der Waals surface area contributed by atoms with E-state index in [-0.39, 0.29) is 5.95 Å². The van der Waals surface area contributed by atoms with Crippen LogP contribution in [0.15, 0.2) is 36.5 Å². The van der Waals surface area contributed by atoms with E-state index in [0.717, 1.165) is 5.69 Å². The second-order valence-corrected chi connectivity index (χ2v) is 3.60. The van der Waals surface area contributed by atoms with E-state index in [1.165, 1.54) is 0 Å². The van der Waals surface area contributed by atoms with Gasteiger partial charge in [0.2, 0.25) is 5.95 Å². The molecule has 0 aliphatic heterocycles. The molecule has 17 heavy (non-hydrogen) atoms. The quantitative estimate of drug-likeness (QED) is 0.644. The number of nitrogen functional groups attached to an aromatic ring is 2. The molecule has 0 aliphatic carbocycles. The van der Waals surface area contributed by atoms with Crippen molar-refractivity contribution in [2.75, 3.05) is 11.5 Å². The zero-order valence-corrected chi connectivity index (χ0v) is 8.91. The predicted octanol–water partition coefficient (Wildman–Crippen LogP) is 0.980. The molecule has 0 amide bonds. The zero-order valence-electron chi connectivity index (χ0n) is 8.91. The number of aromatic nitrogens is 4. The van der Waals surface area contributed by atoms with Crippen molar-refractivity contribution in [3.63, 3.8) is 0 Å². The van der Waals surface area contributed by atoms with E-state index in [1.807, 2.05) is 30.3 Å². The van der Waals surface area contributed by atoms with Crippen LogP contribution in [0.5, 0.6) is 0 Å². The Kier molecular flexibility index (Phi) is 1.94. The normalized spacial score (nSPS) is 10.8. The highest BCUT2D eigenvalue weighted by molar-refractivity contribution is 5.87. The summed E-state index contributed by atoms with van der Waals surface area (Å²) >= 11 is 0. The molecule has 1 aromatic carbocycles. The molecule has 0 saturated heterocycles. The molecular formula is C11H10N6. The largest absolute Gasteiger partial charge is 0.383 e. The lowest BCUT2D eigenvalue weighted by Gasteiger charge is -2.03. The number of nitrogens with two attached hydrogens (primary N) is 2. The second-order valence-electron chi connectivity index (χ2n) is 3.60. The molecule has 3 rings (SSSR count). The number of nitrogens with zero attached hydrogens (tertiary/aromatic N) is 4. The minimum atomic E-state index is 0.146. The molecule has 2 aromatic heterocycles. The monoisotopic (exact) mass is 226 g/mol. The number of hydrogen-bond donors (Lipinski definition) is 2. The van der Waals surface area contributed by atoms with E-state index >= 15 is 0 Å². The summed E-state index contributed by atoms with van der Waals surface area (Å²) in [4.78, 5) is 8.06. The zero-order chi connectivity index (χ0) is 11.8. The van der Waals surface area contributed by atoms with Gasteiger partial charge in [0.15, 0.2) is 5.65 Å². The van der Waals surface area contributed by atoms with Crippen molar-refractivity contribution in [1.82, 2.24) is 19.7 Å². The summed E-state index contributed by atoms with van der Waals surface area (Å²) in [6.45, 7) is 0. The molecule has 6 nitrogen and oxygen atoms in total. The fraction of sp³-hybridized carbons (Fsp3) is 0. The van der Waals surface area contributed by atoms with Crippen LogP contribution in [0.25, 0.3) is 16.7 Å². The molecule has 4 N–H and O–H groups in total. The van der Waals surface area contributed by atoms with Gasteiger partial charge in [-0.15, -0.1) is 0 Å². The number of para-hydroxylation sites is 1. The van der Waals surface area contributed by atoms with Crippen LogP contribution in [0.1, 0.15) is 0 Å². The van der Waals surface area contributed by atoms with Gasteiger partial charge >= 0.3 is 0 Å². The number of hydrogen-bond acceptors (Lipinski definition) is 5. The first-order valence-electron chi connectivity index (χ1n) is 5.08. The predicted molar refractivity (Wildman–Crippen MR) is 65.5 cm³/mol. The van der Waals surface area contributed by atoms with Gasteiger partial charge in [-0.3, -0.25) is 0 Å². The van der Waals surface area contributed by atoms with Gasteiger partial charge in [0.25, 0.3) is 0 Å². The summed E-state index contributed by atoms with van der Waals surface area (Å²) < 4.78 is 1.68. The Morgan fingerprint density at radius 1 is 1.00 bits per heavy atom. The molecule has 84 valence electrons. The Morgan fingerprint density at radius 2 is 1.76 bits per heavy atom. The van der Waals surface area contributed by atoms with Gasteiger partial charge in [-0.2, -0.15) is 15.1 Å². The van der Waals surface area contributed by atoms with E-state index in [0.29, 0.717) is 16.9 Å². The Labute approximate surface area is 96.9 Å². The summed E-state index contributed by atoms with van der Waals surface area (Å²) in [6.07, 6.45) is 1.64. The van der Waals surface area contributed by atoms with E-state index < -0.39 is 0 Å². The smallest absolute Gasteiger partial charge is 0.224 e. The Bertz CT molecular complexity index is 673. The van der Waals surface area contributed by atoms with E-state index in [2.05, 4.69) is 15.1 Å². The molecular weight excluding hydrogens is 216 g/mol. The number of benzene rings is 1. The van der Waals surface area contributed by atoms with Crippen molar-refractivity contribution in [1.29, 1.82) is 0 Å². The van der Waals surface area contributed by atoms with Crippen LogP contribution in [0.2, 0.25) is 0 Å². The maximum atomic E-state index is 5.76. The number of fused-ring (bicyclic) bond motifs is 1. The van der Waals surface area contributed by atoms with Crippen molar-refractivity contribution in [3.8, 4) is 5.69 Å². The SMILES string of the molecule is Nc1nc(N)c2cnn(-c3ccccc3)c2n1. The van der Waals surface area contributed by atoms with Crippen LogP contribution in [-0.4, -0.2) is 19.7 Å². The lowest BCUT2D eigenvalue weighted by atomic mass is 10.3. The van der Waals surface area contributed by atoms with Gasteiger partial charge in [0.1, 0.15) is 5.82 Å². The molecule has 0 bridgehead atoms. The molecule has 3 aromatic rings. The maximum absolute atomic E-state index is 5.76. The summed E-state index contributed by atoms with van der Waals surface area (Å²) in [5, 5.41) is 4.94. The Morgan fingerprint density at radius 3 is 2.53 bits per heavy atom. The first-order valence-corrected chi connectivity index (χ1v) is 5.08. The Balaban J connectivity index is 2.32. The maximum Gasteiger partial charge on any atom is 0.224 e. The van der Waals surface area contributed by atoms with Gasteiger partial charge in [0.05, 0.1) is 17.3 Å². The van der Waals surface area contributed by atoms with Gasteiger partial charge in [-0.25, -0.2) is 4.68 Å².